The largest absolute Gasteiger partial charge is 0.341 e. The van der Waals surface area contributed by atoms with Crippen molar-refractivity contribution >= 4 is 40.7 Å². The summed E-state index contributed by atoms with van der Waals surface area (Å²) in [6, 6.07) is 5.02. The van der Waals surface area contributed by atoms with Crippen molar-refractivity contribution in [1.29, 1.82) is 0 Å². The minimum atomic E-state index is -0.254. The molecular weight excluding hydrogens is 311 g/mol. The highest BCUT2D eigenvalue weighted by atomic mass is 35.5. The first-order valence-electron chi connectivity index (χ1n) is 7.00. The maximum atomic E-state index is 12.4. The quantitative estimate of drug-likeness (QED) is 0.853. The molecule has 2 rings (SSSR count). The summed E-state index contributed by atoms with van der Waals surface area (Å²) in [5.41, 5.74) is 0.402. The zero-order valence-electron chi connectivity index (χ0n) is 11.9. The Kier molecular flexibility index (Phi) is 5.48. The van der Waals surface area contributed by atoms with Crippen LogP contribution in [0, 0.1) is 0 Å². The summed E-state index contributed by atoms with van der Waals surface area (Å²) in [4.78, 5) is 27.4. The van der Waals surface area contributed by atoms with E-state index >= 15 is 0 Å². The number of amides is 2. The van der Waals surface area contributed by atoms with Crippen molar-refractivity contribution in [2.75, 3.05) is 24.5 Å². The summed E-state index contributed by atoms with van der Waals surface area (Å²) < 4.78 is 0. The Hall–Kier alpha value is -1.26. The van der Waals surface area contributed by atoms with Gasteiger partial charge in [0.05, 0.1) is 15.7 Å². The minimum Gasteiger partial charge on any atom is -0.341 e. The molecule has 1 fully saturated rings. The first kappa shape index (κ1) is 16.1. The summed E-state index contributed by atoms with van der Waals surface area (Å²) >= 11 is 12.3. The number of likely N-dealkylation sites (tertiary alicyclic amines) is 1. The molecule has 0 bridgehead atoms. The molecule has 0 spiro atoms. The molecule has 0 aromatic heterocycles. The van der Waals surface area contributed by atoms with Crippen molar-refractivity contribution < 1.29 is 9.59 Å². The van der Waals surface area contributed by atoms with Gasteiger partial charge in [-0.3, -0.25) is 9.59 Å². The summed E-state index contributed by atoms with van der Waals surface area (Å²) in [5, 5.41) is 0.730. The molecular formula is C15H18Cl2N2O2. The van der Waals surface area contributed by atoms with E-state index in [2.05, 4.69) is 0 Å². The lowest BCUT2D eigenvalue weighted by atomic mass is 10.1. The topological polar surface area (TPSA) is 40.6 Å². The lowest BCUT2D eigenvalue weighted by Gasteiger charge is -2.30. The Labute approximate surface area is 134 Å². The monoisotopic (exact) mass is 328 g/mol. The second-order valence-electron chi connectivity index (χ2n) is 5.12. The van der Waals surface area contributed by atoms with E-state index in [1.54, 1.807) is 23.1 Å². The number of hydrogen-bond acceptors (Lipinski definition) is 2. The Morgan fingerprint density at radius 1 is 1.14 bits per heavy atom. The molecule has 6 heteroatoms. The summed E-state index contributed by atoms with van der Waals surface area (Å²) in [7, 11) is 0. The fraction of sp³-hybridized carbons (Fsp3) is 0.467. The molecule has 0 aliphatic carbocycles. The number of para-hydroxylation sites is 1. The van der Waals surface area contributed by atoms with E-state index in [0.717, 1.165) is 32.4 Å². The van der Waals surface area contributed by atoms with Crippen LogP contribution in [0.5, 0.6) is 0 Å². The molecule has 1 heterocycles. The van der Waals surface area contributed by atoms with Crippen LogP contribution in [0.2, 0.25) is 10.0 Å². The Morgan fingerprint density at radius 3 is 2.24 bits per heavy atom. The summed E-state index contributed by atoms with van der Waals surface area (Å²) in [6.07, 6.45) is 3.17. The van der Waals surface area contributed by atoms with Gasteiger partial charge < -0.3 is 9.80 Å². The standard InChI is InChI=1S/C15H18Cl2N2O2/c1-11(20)19(15-12(16)6-5-7-13(15)17)10-14(21)18-8-3-2-4-9-18/h5-7H,2-4,8-10H2,1H3. The molecule has 0 atom stereocenters. The SMILES string of the molecule is CC(=O)N(CC(=O)N1CCCCC1)c1c(Cl)cccc1Cl. The third-order valence-electron chi connectivity index (χ3n) is 3.59. The zero-order chi connectivity index (χ0) is 15.4. The molecule has 0 radical (unpaired) electrons. The van der Waals surface area contributed by atoms with Gasteiger partial charge in [-0.1, -0.05) is 29.3 Å². The lowest BCUT2D eigenvalue weighted by Crippen LogP contribution is -2.44. The van der Waals surface area contributed by atoms with E-state index in [-0.39, 0.29) is 18.4 Å². The number of carbonyl (C=O) groups excluding carboxylic acids is 2. The summed E-state index contributed by atoms with van der Waals surface area (Å²) in [5.74, 6) is -0.323. The van der Waals surface area contributed by atoms with Crippen LogP contribution in [0.1, 0.15) is 26.2 Å². The highest BCUT2D eigenvalue weighted by molar-refractivity contribution is 6.40. The van der Waals surface area contributed by atoms with Crippen LogP contribution in [0.25, 0.3) is 0 Å². The van der Waals surface area contributed by atoms with E-state index in [1.807, 2.05) is 0 Å². The highest BCUT2D eigenvalue weighted by Gasteiger charge is 2.24. The predicted molar refractivity (Wildman–Crippen MR) is 84.9 cm³/mol. The zero-order valence-corrected chi connectivity index (χ0v) is 13.5. The number of nitrogens with zero attached hydrogens (tertiary/aromatic N) is 2. The maximum Gasteiger partial charge on any atom is 0.242 e. The molecule has 1 aromatic rings. The average molecular weight is 329 g/mol. The molecule has 1 aliphatic rings. The molecule has 4 nitrogen and oxygen atoms in total. The Morgan fingerprint density at radius 2 is 1.71 bits per heavy atom. The minimum absolute atomic E-state index is 0.0290. The number of benzene rings is 1. The van der Waals surface area contributed by atoms with Crippen LogP contribution in [0.15, 0.2) is 18.2 Å². The van der Waals surface area contributed by atoms with Crippen molar-refractivity contribution in [3.05, 3.63) is 28.2 Å². The molecule has 0 N–H and O–H groups in total. The first-order valence-corrected chi connectivity index (χ1v) is 7.76. The fourth-order valence-corrected chi connectivity index (χ4v) is 3.07. The Bertz CT molecular complexity index is 522. The molecule has 2 amide bonds. The van der Waals surface area contributed by atoms with Crippen molar-refractivity contribution in [3.8, 4) is 0 Å². The number of hydrogen-bond donors (Lipinski definition) is 0. The van der Waals surface area contributed by atoms with Crippen molar-refractivity contribution in [1.82, 2.24) is 4.90 Å². The Balaban J connectivity index is 2.20. The van der Waals surface area contributed by atoms with Gasteiger partial charge in [0.15, 0.2) is 0 Å². The summed E-state index contributed by atoms with van der Waals surface area (Å²) in [6.45, 7) is 2.88. The van der Waals surface area contributed by atoms with E-state index in [1.165, 1.54) is 11.8 Å². The van der Waals surface area contributed by atoms with E-state index in [0.29, 0.717) is 15.7 Å². The van der Waals surface area contributed by atoms with Crippen LogP contribution >= 0.6 is 23.2 Å². The number of halogens is 2. The second kappa shape index (κ2) is 7.14. The van der Waals surface area contributed by atoms with Crippen molar-refractivity contribution in [3.63, 3.8) is 0 Å². The third kappa shape index (κ3) is 3.89. The van der Waals surface area contributed by atoms with Gasteiger partial charge in [0.2, 0.25) is 11.8 Å². The molecule has 1 aromatic carbocycles. The molecule has 21 heavy (non-hydrogen) atoms. The number of anilines is 1. The van der Waals surface area contributed by atoms with Gasteiger partial charge in [0.1, 0.15) is 6.54 Å². The average Bonchev–Trinajstić information content (AvgIpc) is 2.46. The molecule has 1 aliphatic heterocycles. The van der Waals surface area contributed by atoms with Crippen LogP contribution in [0.3, 0.4) is 0 Å². The lowest BCUT2D eigenvalue weighted by molar-refractivity contribution is -0.132. The smallest absolute Gasteiger partial charge is 0.242 e. The number of carbonyl (C=O) groups is 2. The third-order valence-corrected chi connectivity index (χ3v) is 4.20. The van der Waals surface area contributed by atoms with Crippen molar-refractivity contribution in [2.24, 2.45) is 0 Å². The van der Waals surface area contributed by atoms with Crippen molar-refractivity contribution in [2.45, 2.75) is 26.2 Å². The normalized spacial score (nSPS) is 14.9. The maximum absolute atomic E-state index is 12.4. The number of piperidine rings is 1. The van der Waals surface area contributed by atoms with Gasteiger partial charge in [0, 0.05) is 20.0 Å². The fourth-order valence-electron chi connectivity index (χ4n) is 2.47. The van der Waals surface area contributed by atoms with E-state index in [9.17, 15) is 9.59 Å². The van der Waals surface area contributed by atoms with Gasteiger partial charge in [-0.25, -0.2) is 0 Å². The van der Waals surface area contributed by atoms with E-state index in [4.69, 9.17) is 23.2 Å². The molecule has 0 unspecified atom stereocenters. The second-order valence-corrected chi connectivity index (χ2v) is 5.93. The van der Waals surface area contributed by atoms with Gasteiger partial charge in [-0.15, -0.1) is 0 Å². The predicted octanol–water partition coefficient (Wildman–Crippen LogP) is 3.36. The van der Waals surface area contributed by atoms with E-state index < -0.39 is 0 Å². The van der Waals surface area contributed by atoms with Gasteiger partial charge in [-0.2, -0.15) is 0 Å². The molecule has 1 saturated heterocycles. The van der Waals surface area contributed by atoms with Gasteiger partial charge >= 0.3 is 0 Å². The van der Waals surface area contributed by atoms with Crippen LogP contribution in [0.4, 0.5) is 5.69 Å². The van der Waals surface area contributed by atoms with Crippen LogP contribution < -0.4 is 4.90 Å². The number of rotatable bonds is 3. The molecule has 114 valence electrons. The van der Waals surface area contributed by atoms with Gasteiger partial charge in [0.25, 0.3) is 0 Å². The van der Waals surface area contributed by atoms with Crippen LogP contribution in [-0.4, -0.2) is 36.3 Å². The molecule has 0 saturated carbocycles. The van der Waals surface area contributed by atoms with Crippen LogP contribution in [-0.2, 0) is 9.59 Å². The van der Waals surface area contributed by atoms with Gasteiger partial charge in [-0.05, 0) is 31.4 Å². The highest BCUT2D eigenvalue weighted by Crippen LogP contribution is 2.33. The first-order chi connectivity index (χ1) is 10.0.